The van der Waals surface area contributed by atoms with Crippen molar-refractivity contribution in [2.75, 3.05) is 0 Å². The van der Waals surface area contributed by atoms with Gasteiger partial charge in [0.05, 0.1) is 22.8 Å². The van der Waals surface area contributed by atoms with Crippen LogP contribution in [0.5, 0.6) is 0 Å². The molecule has 144 valence electrons. The molecule has 0 N–H and O–H groups in total. The first-order valence-corrected chi connectivity index (χ1v) is 11.1. The van der Waals surface area contributed by atoms with Crippen LogP contribution in [-0.4, -0.2) is 23.7 Å². The Kier molecular flexibility index (Phi) is 5.01. The minimum absolute atomic E-state index is 0.132. The standard InChI is InChI=1S/C21H16N4O2S2/c1-25-18-11-6-5-10-17(18)23-21(25)16(14-22)20(15-8-3-2-4-9-15)24-29(26,27)19-12-7-13-28-19/h2-13,16H,1H3. The predicted molar refractivity (Wildman–Crippen MR) is 114 cm³/mol. The van der Waals surface area contributed by atoms with Crippen LogP contribution < -0.4 is 0 Å². The summed E-state index contributed by atoms with van der Waals surface area (Å²) in [5.41, 5.74) is 2.31. The van der Waals surface area contributed by atoms with E-state index in [-0.39, 0.29) is 9.92 Å². The maximum atomic E-state index is 12.9. The van der Waals surface area contributed by atoms with Gasteiger partial charge in [0.2, 0.25) is 0 Å². The van der Waals surface area contributed by atoms with E-state index < -0.39 is 15.9 Å². The molecule has 0 aliphatic carbocycles. The van der Waals surface area contributed by atoms with Gasteiger partial charge in [0, 0.05) is 7.05 Å². The molecule has 1 atom stereocenters. The van der Waals surface area contributed by atoms with Crippen LogP contribution in [0.15, 0.2) is 80.7 Å². The van der Waals surface area contributed by atoms with Crippen molar-refractivity contribution in [3.63, 3.8) is 0 Å². The third-order valence-electron chi connectivity index (χ3n) is 4.52. The van der Waals surface area contributed by atoms with Crippen LogP contribution in [-0.2, 0) is 17.1 Å². The summed E-state index contributed by atoms with van der Waals surface area (Å²) in [6.45, 7) is 0. The van der Waals surface area contributed by atoms with Crippen LogP contribution in [0.4, 0.5) is 0 Å². The molecule has 29 heavy (non-hydrogen) atoms. The first-order valence-electron chi connectivity index (χ1n) is 8.76. The second kappa shape index (κ2) is 7.62. The van der Waals surface area contributed by atoms with E-state index >= 15 is 0 Å². The van der Waals surface area contributed by atoms with E-state index in [1.54, 1.807) is 40.3 Å². The van der Waals surface area contributed by atoms with Gasteiger partial charge in [-0.05, 0) is 29.1 Å². The summed E-state index contributed by atoms with van der Waals surface area (Å²) in [5.74, 6) is -0.512. The number of imidazole rings is 1. The highest BCUT2D eigenvalue weighted by Crippen LogP contribution is 2.27. The Bertz CT molecular complexity index is 1330. The van der Waals surface area contributed by atoms with Crippen LogP contribution in [0.3, 0.4) is 0 Å². The number of benzene rings is 2. The van der Waals surface area contributed by atoms with Gasteiger partial charge >= 0.3 is 0 Å². The molecule has 0 saturated heterocycles. The minimum atomic E-state index is -3.95. The molecule has 0 aliphatic heterocycles. The molecule has 0 bridgehead atoms. The molecule has 2 aromatic heterocycles. The maximum Gasteiger partial charge on any atom is 0.292 e. The van der Waals surface area contributed by atoms with E-state index in [1.165, 1.54) is 6.07 Å². The quantitative estimate of drug-likeness (QED) is 0.454. The number of rotatable bonds is 5. The Morgan fingerprint density at radius 1 is 1.10 bits per heavy atom. The highest BCUT2D eigenvalue weighted by Gasteiger charge is 2.28. The molecule has 0 saturated carbocycles. The van der Waals surface area contributed by atoms with E-state index in [1.807, 2.05) is 37.4 Å². The number of thiophene rings is 1. The number of fused-ring (bicyclic) bond motifs is 1. The molecule has 6 nitrogen and oxygen atoms in total. The maximum absolute atomic E-state index is 12.9. The first-order chi connectivity index (χ1) is 14.0. The lowest BCUT2D eigenvalue weighted by Crippen LogP contribution is -2.18. The largest absolute Gasteiger partial charge is 0.330 e. The summed E-state index contributed by atoms with van der Waals surface area (Å²) in [7, 11) is -2.14. The number of aromatic nitrogens is 2. The van der Waals surface area contributed by atoms with E-state index in [9.17, 15) is 13.7 Å². The van der Waals surface area contributed by atoms with Gasteiger partial charge in [0.1, 0.15) is 16.0 Å². The molecule has 0 amide bonds. The van der Waals surface area contributed by atoms with Crippen molar-refractivity contribution in [1.82, 2.24) is 9.55 Å². The van der Waals surface area contributed by atoms with E-state index in [0.717, 1.165) is 22.4 Å². The summed E-state index contributed by atoms with van der Waals surface area (Å²) in [5, 5.41) is 11.7. The lowest BCUT2D eigenvalue weighted by Gasteiger charge is -2.13. The SMILES string of the molecule is Cn1c(C(C#N)C(=NS(=O)(=O)c2cccs2)c2ccccc2)nc2ccccc21. The van der Waals surface area contributed by atoms with Gasteiger partial charge in [-0.15, -0.1) is 11.3 Å². The number of hydrogen-bond acceptors (Lipinski definition) is 5. The topological polar surface area (TPSA) is 88.1 Å². The summed E-state index contributed by atoms with van der Waals surface area (Å²) < 4.78 is 31.8. The zero-order chi connectivity index (χ0) is 20.4. The molecule has 8 heteroatoms. The number of sulfonamides is 1. The molecule has 0 radical (unpaired) electrons. The van der Waals surface area contributed by atoms with Crippen LogP contribution in [0.2, 0.25) is 0 Å². The predicted octanol–water partition coefficient (Wildman–Crippen LogP) is 4.12. The van der Waals surface area contributed by atoms with Gasteiger partial charge in [-0.2, -0.15) is 18.1 Å². The minimum Gasteiger partial charge on any atom is -0.330 e. The molecule has 2 aromatic carbocycles. The lowest BCUT2D eigenvalue weighted by molar-refractivity contribution is 0.600. The van der Waals surface area contributed by atoms with Gasteiger partial charge in [-0.25, -0.2) is 4.98 Å². The van der Waals surface area contributed by atoms with Gasteiger partial charge in [0.25, 0.3) is 10.0 Å². The average Bonchev–Trinajstić information content (AvgIpc) is 3.39. The molecule has 2 heterocycles. The van der Waals surface area contributed by atoms with Crippen molar-refractivity contribution in [2.24, 2.45) is 11.4 Å². The highest BCUT2D eigenvalue weighted by atomic mass is 32.2. The van der Waals surface area contributed by atoms with E-state index in [0.29, 0.717) is 11.4 Å². The van der Waals surface area contributed by atoms with Crippen molar-refractivity contribution in [3.05, 3.63) is 83.5 Å². The lowest BCUT2D eigenvalue weighted by atomic mass is 9.97. The second-order valence-electron chi connectivity index (χ2n) is 6.33. The van der Waals surface area contributed by atoms with Crippen LogP contribution in [0, 0.1) is 11.3 Å². The Labute approximate surface area is 172 Å². The Balaban J connectivity index is 1.94. The van der Waals surface area contributed by atoms with Crippen molar-refractivity contribution in [3.8, 4) is 6.07 Å². The molecule has 0 aliphatic rings. The highest BCUT2D eigenvalue weighted by molar-refractivity contribution is 7.92. The van der Waals surface area contributed by atoms with Gasteiger partial charge in [-0.3, -0.25) is 0 Å². The molecule has 0 fully saturated rings. The van der Waals surface area contributed by atoms with Gasteiger partial charge in [-0.1, -0.05) is 48.5 Å². The molecule has 0 spiro atoms. The molecular weight excluding hydrogens is 404 g/mol. The summed E-state index contributed by atoms with van der Waals surface area (Å²) in [6, 6.07) is 21.8. The molecule has 1 unspecified atom stereocenters. The monoisotopic (exact) mass is 420 g/mol. The fraction of sp³-hybridized carbons (Fsp3) is 0.0952. The zero-order valence-corrected chi connectivity index (χ0v) is 17.1. The number of para-hydroxylation sites is 2. The molecule has 4 rings (SSSR count). The zero-order valence-electron chi connectivity index (χ0n) is 15.4. The summed E-state index contributed by atoms with van der Waals surface area (Å²) >= 11 is 1.09. The fourth-order valence-corrected chi connectivity index (χ4v) is 5.15. The first kappa shape index (κ1) is 19.1. The number of hydrogen-bond donors (Lipinski definition) is 0. The number of nitriles is 1. The fourth-order valence-electron chi connectivity index (χ4n) is 3.13. The van der Waals surface area contributed by atoms with Crippen LogP contribution >= 0.6 is 11.3 Å². The Morgan fingerprint density at radius 3 is 2.48 bits per heavy atom. The van der Waals surface area contributed by atoms with E-state index in [4.69, 9.17) is 0 Å². The smallest absolute Gasteiger partial charge is 0.292 e. The number of nitrogens with zero attached hydrogens (tertiary/aromatic N) is 4. The van der Waals surface area contributed by atoms with Crippen LogP contribution in [0.1, 0.15) is 17.3 Å². The second-order valence-corrected chi connectivity index (χ2v) is 9.11. The van der Waals surface area contributed by atoms with E-state index in [2.05, 4.69) is 15.5 Å². The third kappa shape index (κ3) is 3.58. The third-order valence-corrected chi connectivity index (χ3v) is 7.18. The van der Waals surface area contributed by atoms with Crippen LogP contribution in [0.25, 0.3) is 11.0 Å². The number of aryl methyl sites for hydroxylation is 1. The van der Waals surface area contributed by atoms with Gasteiger partial charge < -0.3 is 4.57 Å². The van der Waals surface area contributed by atoms with Crippen molar-refractivity contribution < 1.29 is 8.42 Å². The molecule has 4 aromatic rings. The van der Waals surface area contributed by atoms with Crippen molar-refractivity contribution >= 4 is 38.1 Å². The van der Waals surface area contributed by atoms with Crippen molar-refractivity contribution in [2.45, 2.75) is 10.1 Å². The molecular formula is C21H16N4O2S2. The van der Waals surface area contributed by atoms with Gasteiger partial charge in [0.15, 0.2) is 0 Å². The Hall–Kier alpha value is -3.28. The average molecular weight is 421 g/mol. The summed E-state index contributed by atoms with van der Waals surface area (Å²) in [6.07, 6.45) is 0. The normalized spacial score (nSPS) is 13.3. The Morgan fingerprint density at radius 2 is 1.83 bits per heavy atom. The summed E-state index contributed by atoms with van der Waals surface area (Å²) in [4.78, 5) is 4.59. The van der Waals surface area contributed by atoms with Crippen molar-refractivity contribution in [1.29, 1.82) is 5.26 Å².